The number of pyridine rings is 1. The molecular weight excluding hydrogens is 298 g/mol. The first-order chi connectivity index (χ1) is 10.7. The van der Waals surface area contributed by atoms with Gasteiger partial charge < -0.3 is 15.6 Å². The van der Waals surface area contributed by atoms with Crippen molar-refractivity contribution < 1.29 is 4.79 Å². The summed E-state index contributed by atoms with van der Waals surface area (Å²) in [6, 6.07) is 9.82. The lowest BCUT2D eigenvalue weighted by molar-refractivity contribution is -0.105. The predicted molar refractivity (Wildman–Crippen MR) is 89.8 cm³/mol. The molecule has 1 aromatic carbocycles. The zero-order chi connectivity index (χ0) is 15.5. The van der Waals surface area contributed by atoms with E-state index in [9.17, 15) is 4.79 Å². The van der Waals surface area contributed by atoms with Crippen molar-refractivity contribution in [1.82, 2.24) is 15.0 Å². The maximum Gasteiger partial charge on any atom is 0.212 e. The van der Waals surface area contributed by atoms with Gasteiger partial charge in [0.15, 0.2) is 5.65 Å². The quantitative estimate of drug-likeness (QED) is 0.497. The first kappa shape index (κ1) is 14.4. The third kappa shape index (κ3) is 2.75. The van der Waals surface area contributed by atoms with Crippen LogP contribution in [0.5, 0.6) is 0 Å². The fraction of sp³-hybridized carbons (Fsp3) is 0.133. The molecule has 0 aliphatic carbocycles. The second-order valence-corrected chi connectivity index (χ2v) is 5.51. The minimum atomic E-state index is 0.457. The maximum absolute atomic E-state index is 10.7. The van der Waals surface area contributed by atoms with E-state index in [4.69, 9.17) is 0 Å². The molecule has 3 rings (SSSR count). The first-order valence-electron chi connectivity index (χ1n) is 6.69. The Balaban J connectivity index is 2.10. The van der Waals surface area contributed by atoms with Crippen LogP contribution >= 0.6 is 11.8 Å². The number of carbonyl (C=O) groups is 1. The van der Waals surface area contributed by atoms with Gasteiger partial charge in [-0.3, -0.25) is 4.79 Å². The summed E-state index contributed by atoms with van der Waals surface area (Å²) in [7, 11) is 0. The fourth-order valence-corrected chi connectivity index (χ4v) is 2.78. The minimum absolute atomic E-state index is 0.457. The van der Waals surface area contributed by atoms with Gasteiger partial charge in [0.05, 0.1) is 11.4 Å². The summed E-state index contributed by atoms with van der Waals surface area (Å²) >= 11 is 1.66. The van der Waals surface area contributed by atoms with E-state index in [2.05, 4.69) is 25.6 Å². The van der Waals surface area contributed by atoms with Crippen LogP contribution in [0.15, 0.2) is 35.2 Å². The third-order valence-electron chi connectivity index (χ3n) is 3.16. The minimum Gasteiger partial charge on any atom is -0.353 e. The van der Waals surface area contributed by atoms with Crippen LogP contribution in [0.2, 0.25) is 0 Å². The molecule has 0 aliphatic heterocycles. The van der Waals surface area contributed by atoms with Crippen LogP contribution in [-0.2, 0) is 4.79 Å². The standard InChI is InChI=1S/C15H15N5OS/c1-9-17-14-11(7-13(16-8-21)20-15(14)18-9)19-10-5-3-4-6-12(10)22-2/h3-8H,1-2H3,(H3,16,17,18,19,20,21). The van der Waals surface area contributed by atoms with Gasteiger partial charge in [0.1, 0.15) is 17.2 Å². The molecule has 0 saturated heterocycles. The van der Waals surface area contributed by atoms with Gasteiger partial charge in [0.2, 0.25) is 6.41 Å². The number of aryl methyl sites for hydroxylation is 1. The molecular formula is C15H15N5OS. The van der Waals surface area contributed by atoms with Gasteiger partial charge in [0.25, 0.3) is 0 Å². The Labute approximate surface area is 131 Å². The van der Waals surface area contributed by atoms with E-state index in [-0.39, 0.29) is 0 Å². The highest BCUT2D eigenvalue weighted by molar-refractivity contribution is 7.98. The van der Waals surface area contributed by atoms with Crippen molar-refractivity contribution in [2.45, 2.75) is 11.8 Å². The van der Waals surface area contributed by atoms with Crippen molar-refractivity contribution in [1.29, 1.82) is 0 Å². The Bertz CT molecular complexity index is 830. The van der Waals surface area contributed by atoms with E-state index < -0.39 is 0 Å². The van der Waals surface area contributed by atoms with E-state index >= 15 is 0 Å². The van der Waals surface area contributed by atoms with E-state index in [1.807, 2.05) is 37.4 Å². The molecule has 0 aliphatic rings. The van der Waals surface area contributed by atoms with Crippen LogP contribution < -0.4 is 10.6 Å². The molecule has 6 nitrogen and oxygen atoms in total. The zero-order valence-corrected chi connectivity index (χ0v) is 13.0. The molecule has 22 heavy (non-hydrogen) atoms. The van der Waals surface area contributed by atoms with Gasteiger partial charge >= 0.3 is 0 Å². The number of H-pyrrole nitrogens is 1. The number of carbonyl (C=O) groups excluding carboxylic acids is 1. The number of nitrogens with one attached hydrogen (secondary N) is 3. The van der Waals surface area contributed by atoms with Crippen LogP contribution in [0.4, 0.5) is 17.2 Å². The van der Waals surface area contributed by atoms with Gasteiger partial charge in [0, 0.05) is 11.0 Å². The Morgan fingerprint density at radius 3 is 2.82 bits per heavy atom. The molecule has 0 radical (unpaired) electrons. The Kier molecular flexibility index (Phi) is 3.97. The summed E-state index contributed by atoms with van der Waals surface area (Å²) in [5.41, 5.74) is 3.18. The number of hydrogen-bond acceptors (Lipinski definition) is 5. The van der Waals surface area contributed by atoms with Gasteiger partial charge in [-0.25, -0.2) is 9.97 Å². The van der Waals surface area contributed by atoms with Gasteiger partial charge in [-0.2, -0.15) is 0 Å². The number of imidazole rings is 1. The lowest BCUT2D eigenvalue weighted by Gasteiger charge is -2.12. The molecule has 0 fully saturated rings. The lowest BCUT2D eigenvalue weighted by atomic mass is 10.2. The number of aromatic amines is 1. The number of benzene rings is 1. The molecule has 3 N–H and O–H groups in total. The van der Waals surface area contributed by atoms with E-state index in [0.717, 1.165) is 27.6 Å². The summed E-state index contributed by atoms with van der Waals surface area (Å²) in [6.45, 7) is 1.87. The van der Waals surface area contributed by atoms with Crippen LogP contribution in [-0.4, -0.2) is 27.6 Å². The molecule has 1 amide bonds. The van der Waals surface area contributed by atoms with Crippen LogP contribution in [0.3, 0.4) is 0 Å². The molecule has 0 atom stereocenters. The van der Waals surface area contributed by atoms with Crippen molar-refractivity contribution in [3.05, 3.63) is 36.2 Å². The molecule has 7 heteroatoms. The molecule has 0 saturated carbocycles. The predicted octanol–water partition coefficient (Wildman–Crippen LogP) is 3.30. The lowest BCUT2D eigenvalue weighted by Crippen LogP contribution is -2.00. The second kappa shape index (κ2) is 6.07. The normalized spacial score (nSPS) is 10.6. The van der Waals surface area contributed by atoms with Gasteiger partial charge in [-0.1, -0.05) is 12.1 Å². The molecule has 2 aromatic heterocycles. The number of thioether (sulfide) groups is 1. The Morgan fingerprint density at radius 2 is 2.05 bits per heavy atom. The largest absolute Gasteiger partial charge is 0.353 e. The second-order valence-electron chi connectivity index (χ2n) is 4.66. The van der Waals surface area contributed by atoms with Crippen LogP contribution in [0.1, 0.15) is 5.82 Å². The topological polar surface area (TPSA) is 82.7 Å². The zero-order valence-electron chi connectivity index (χ0n) is 12.2. The summed E-state index contributed by atoms with van der Waals surface area (Å²) in [4.78, 5) is 23.6. The van der Waals surface area contributed by atoms with Gasteiger partial charge in [-0.05, 0) is 25.3 Å². The summed E-state index contributed by atoms with van der Waals surface area (Å²) < 4.78 is 0. The molecule has 0 spiro atoms. The molecule has 2 heterocycles. The Hall–Kier alpha value is -2.54. The summed E-state index contributed by atoms with van der Waals surface area (Å²) in [5.74, 6) is 1.23. The summed E-state index contributed by atoms with van der Waals surface area (Å²) in [6.07, 6.45) is 2.63. The summed E-state index contributed by atoms with van der Waals surface area (Å²) in [5, 5.41) is 5.96. The number of hydrogen-bond donors (Lipinski definition) is 3. The number of aromatic nitrogens is 3. The van der Waals surface area contributed by atoms with Crippen molar-refractivity contribution in [3.8, 4) is 0 Å². The third-order valence-corrected chi connectivity index (χ3v) is 3.96. The molecule has 3 aromatic rings. The van der Waals surface area contributed by atoms with Crippen molar-refractivity contribution in [2.75, 3.05) is 16.9 Å². The number of rotatable bonds is 5. The highest BCUT2D eigenvalue weighted by atomic mass is 32.2. The smallest absolute Gasteiger partial charge is 0.212 e. The van der Waals surface area contributed by atoms with Crippen molar-refractivity contribution >= 4 is 46.5 Å². The fourth-order valence-electron chi connectivity index (χ4n) is 2.23. The number of nitrogens with zero attached hydrogens (tertiary/aromatic N) is 2. The van der Waals surface area contributed by atoms with Crippen LogP contribution in [0.25, 0.3) is 11.2 Å². The highest BCUT2D eigenvalue weighted by Crippen LogP contribution is 2.31. The molecule has 0 bridgehead atoms. The Morgan fingerprint density at radius 1 is 1.23 bits per heavy atom. The maximum atomic E-state index is 10.7. The van der Waals surface area contributed by atoms with Crippen LogP contribution in [0, 0.1) is 6.92 Å². The van der Waals surface area contributed by atoms with E-state index in [0.29, 0.717) is 17.9 Å². The van der Waals surface area contributed by atoms with E-state index in [1.165, 1.54) is 0 Å². The number of para-hydroxylation sites is 1. The number of amides is 1. The van der Waals surface area contributed by atoms with Crippen molar-refractivity contribution in [3.63, 3.8) is 0 Å². The number of anilines is 3. The molecule has 0 unspecified atom stereocenters. The number of fused-ring (bicyclic) bond motifs is 1. The van der Waals surface area contributed by atoms with E-state index in [1.54, 1.807) is 17.8 Å². The average Bonchev–Trinajstić information content (AvgIpc) is 2.89. The SMILES string of the molecule is CSc1ccccc1Nc1cc(NC=O)nc2nc(C)[nH]c12. The highest BCUT2D eigenvalue weighted by Gasteiger charge is 2.11. The monoisotopic (exact) mass is 313 g/mol. The van der Waals surface area contributed by atoms with Gasteiger partial charge in [-0.15, -0.1) is 11.8 Å². The van der Waals surface area contributed by atoms with Crippen molar-refractivity contribution in [2.24, 2.45) is 0 Å². The molecule has 112 valence electrons. The average molecular weight is 313 g/mol. The first-order valence-corrected chi connectivity index (χ1v) is 7.91.